The van der Waals surface area contributed by atoms with Crippen LogP contribution in [-0.2, 0) is 19.4 Å². The first kappa shape index (κ1) is 16.9. The van der Waals surface area contributed by atoms with Crippen LogP contribution in [0.25, 0.3) is 0 Å². The van der Waals surface area contributed by atoms with Crippen molar-refractivity contribution >= 4 is 21.7 Å². The van der Waals surface area contributed by atoms with Gasteiger partial charge in [0.1, 0.15) is 4.75 Å². The summed E-state index contributed by atoms with van der Waals surface area (Å²) in [6.45, 7) is 6.69. The van der Waals surface area contributed by atoms with Crippen LogP contribution in [0.2, 0.25) is 0 Å². The largest absolute Gasteiger partial charge is 0.481 e. The smallest absolute Gasteiger partial charge is 0.311 e. The summed E-state index contributed by atoms with van der Waals surface area (Å²) in [5, 5.41) is 9.44. The quantitative estimate of drug-likeness (QED) is 0.828. The molecule has 0 spiro atoms. The minimum absolute atomic E-state index is 0.0672. The maximum atomic E-state index is 12.4. The molecule has 1 aliphatic heterocycles. The maximum absolute atomic E-state index is 12.4. The van der Waals surface area contributed by atoms with Crippen molar-refractivity contribution in [3.8, 4) is 0 Å². The van der Waals surface area contributed by atoms with Crippen molar-refractivity contribution in [2.75, 3.05) is 19.3 Å². The number of nitrogens with zero attached hydrogens (tertiary/aromatic N) is 1. The van der Waals surface area contributed by atoms with Crippen molar-refractivity contribution in [3.05, 3.63) is 0 Å². The zero-order valence-corrected chi connectivity index (χ0v) is 13.5. The van der Waals surface area contributed by atoms with Crippen LogP contribution in [0.5, 0.6) is 0 Å². The van der Waals surface area contributed by atoms with Crippen LogP contribution < -0.4 is 0 Å². The Morgan fingerprint density at radius 3 is 2.10 bits per heavy atom. The minimum atomic E-state index is -3.56. The van der Waals surface area contributed by atoms with Crippen molar-refractivity contribution in [2.45, 2.75) is 38.9 Å². The Labute approximate surface area is 120 Å². The van der Waals surface area contributed by atoms with Crippen LogP contribution in [0.1, 0.15) is 34.1 Å². The second kappa shape index (κ2) is 5.02. The highest BCUT2D eigenvalue weighted by Crippen LogP contribution is 2.39. The van der Waals surface area contributed by atoms with Crippen LogP contribution in [0, 0.1) is 11.3 Å². The van der Waals surface area contributed by atoms with Crippen LogP contribution in [0.3, 0.4) is 0 Å². The van der Waals surface area contributed by atoms with Gasteiger partial charge < -0.3 is 10.0 Å². The molecule has 0 aromatic rings. The fraction of sp³-hybridized carbons (Fsp3) is 0.846. The van der Waals surface area contributed by atoms with Gasteiger partial charge in [0.25, 0.3) is 0 Å². The van der Waals surface area contributed by atoms with E-state index in [2.05, 4.69) is 0 Å². The highest BCUT2D eigenvalue weighted by molar-refractivity contribution is 7.92. The molecule has 1 fully saturated rings. The summed E-state index contributed by atoms with van der Waals surface area (Å²) in [5.41, 5.74) is -0.983. The Bertz CT molecular complexity index is 523. The van der Waals surface area contributed by atoms with Gasteiger partial charge in [0.2, 0.25) is 5.91 Å². The SMILES string of the molecule is CC(C)C1(C(=O)O)CCN(C(=O)C(C)(C)S(C)(=O)=O)C1. The molecule has 1 amide bonds. The number of aliphatic carboxylic acids is 1. The molecule has 0 aliphatic carbocycles. The molecule has 116 valence electrons. The average Bonchev–Trinajstić information content (AvgIpc) is 2.72. The topological polar surface area (TPSA) is 91.8 Å². The zero-order chi connectivity index (χ0) is 15.9. The average molecular weight is 305 g/mol. The molecule has 0 aromatic heterocycles. The molecule has 0 aromatic carbocycles. The number of carbonyl (C=O) groups excluding carboxylic acids is 1. The standard InChI is InChI=1S/C13H23NO5S/c1-9(2)13(11(16)17)6-7-14(8-13)10(15)12(3,4)20(5,18)19/h9H,6-8H2,1-5H3,(H,16,17). The van der Waals surface area contributed by atoms with Gasteiger partial charge in [-0.1, -0.05) is 13.8 Å². The number of rotatable bonds is 4. The summed E-state index contributed by atoms with van der Waals surface area (Å²) in [6.07, 6.45) is 1.37. The van der Waals surface area contributed by atoms with E-state index in [9.17, 15) is 23.1 Å². The van der Waals surface area contributed by atoms with Crippen LogP contribution in [0.4, 0.5) is 0 Å². The minimum Gasteiger partial charge on any atom is -0.481 e. The molecule has 0 saturated carbocycles. The molecule has 1 unspecified atom stereocenters. The van der Waals surface area contributed by atoms with Gasteiger partial charge in [-0.3, -0.25) is 9.59 Å². The first-order valence-corrected chi connectivity index (χ1v) is 8.48. The van der Waals surface area contributed by atoms with Crippen LogP contribution >= 0.6 is 0 Å². The fourth-order valence-electron chi connectivity index (χ4n) is 2.44. The molecular weight excluding hydrogens is 282 g/mol. The summed E-state index contributed by atoms with van der Waals surface area (Å²) in [7, 11) is -3.56. The lowest BCUT2D eigenvalue weighted by molar-refractivity contribution is -0.151. The molecule has 1 N–H and O–H groups in total. The second-order valence-corrected chi connectivity index (χ2v) is 8.94. The van der Waals surface area contributed by atoms with E-state index in [0.29, 0.717) is 6.42 Å². The third-order valence-electron chi connectivity index (χ3n) is 4.56. The Morgan fingerprint density at radius 2 is 1.80 bits per heavy atom. The molecule has 1 rings (SSSR count). The lowest BCUT2D eigenvalue weighted by atomic mass is 9.76. The first-order valence-electron chi connectivity index (χ1n) is 6.58. The zero-order valence-electron chi connectivity index (χ0n) is 12.6. The van der Waals surface area contributed by atoms with Crippen LogP contribution in [0.15, 0.2) is 0 Å². The maximum Gasteiger partial charge on any atom is 0.311 e. The monoisotopic (exact) mass is 305 g/mol. The van der Waals surface area contributed by atoms with Gasteiger partial charge in [-0.2, -0.15) is 0 Å². The van der Waals surface area contributed by atoms with E-state index >= 15 is 0 Å². The van der Waals surface area contributed by atoms with Gasteiger partial charge >= 0.3 is 5.97 Å². The van der Waals surface area contributed by atoms with E-state index in [-0.39, 0.29) is 19.0 Å². The molecule has 0 bridgehead atoms. The Hall–Kier alpha value is -1.11. The molecule has 1 atom stereocenters. The van der Waals surface area contributed by atoms with Gasteiger partial charge in [0.15, 0.2) is 9.84 Å². The van der Waals surface area contributed by atoms with Crippen molar-refractivity contribution in [3.63, 3.8) is 0 Å². The van der Waals surface area contributed by atoms with Crippen molar-refractivity contribution in [1.82, 2.24) is 4.90 Å². The molecule has 20 heavy (non-hydrogen) atoms. The van der Waals surface area contributed by atoms with Gasteiger partial charge in [-0.05, 0) is 26.2 Å². The molecule has 6 nitrogen and oxygen atoms in total. The number of carbonyl (C=O) groups is 2. The fourth-order valence-corrected chi connectivity index (χ4v) is 2.88. The van der Waals surface area contributed by atoms with E-state index in [4.69, 9.17) is 0 Å². The van der Waals surface area contributed by atoms with E-state index in [1.54, 1.807) is 0 Å². The third kappa shape index (κ3) is 2.55. The van der Waals surface area contributed by atoms with E-state index in [0.717, 1.165) is 6.26 Å². The summed E-state index contributed by atoms with van der Waals surface area (Å²) in [4.78, 5) is 25.3. The number of hydrogen-bond donors (Lipinski definition) is 1. The lowest BCUT2D eigenvalue weighted by Gasteiger charge is -2.31. The van der Waals surface area contributed by atoms with E-state index in [1.165, 1.54) is 18.7 Å². The highest BCUT2D eigenvalue weighted by atomic mass is 32.2. The highest BCUT2D eigenvalue weighted by Gasteiger charge is 2.51. The van der Waals surface area contributed by atoms with Crippen molar-refractivity contribution < 1.29 is 23.1 Å². The molecule has 1 aliphatic rings. The van der Waals surface area contributed by atoms with Gasteiger partial charge in [0.05, 0.1) is 5.41 Å². The lowest BCUT2D eigenvalue weighted by Crippen LogP contribution is -2.50. The Balaban J connectivity index is 3.05. The number of amides is 1. The third-order valence-corrected chi connectivity index (χ3v) is 6.59. The molecule has 1 heterocycles. The number of hydrogen-bond acceptors (Lipinski definition) is 4. The summed E-state index contributed by atoms with van der Waals surface area (Å²) < 4.78 is 21.9. The van der Waals surface area contributed by atoms with Gasteiger partial charge in [0, 0.05) is 19.3 Å². The number of carboxylic acids is 1. The second-order valence-electron chi connectivity index (χ2n) is 6.38. The Morgan fingerprint density at radius 1 is 1.30 bits per heavy atom. The molecule has 1 saturated heterocycles. The van der Waals surface area contributed by atoms with Crippen molar-refractivity contribution in [2.24, 2.45) is 11.3 Å². The predicted octanol–water partition coefficient (Wildman–Crippen LogP) is 0.769. The molecule has 0 radical (unpaired) electrons. The number of likely N-dealkylation sites (tertiary alicyclic amines) is 1. The van der Waals surface area contributed by atoms with E-state index in [1.807, 2.05) is 13.8 Å². The van der Waals surface area contributed by atoms with Gasteiger partial charge in [-0.15, -0.1) is 0 Å². The van der Waals surface area contributed by atoms with Crippen LogP contribution in [-0.4, -0.2) is 54.4 Å². The van der Waals surface area contributed by atoms with Crippen molar-refractivity contribution in [1.29, 1.82) is 0 Å². The van der Waals surface area contributed by atoms with E-state index < -0.39 is 31.9 Å². The summed E-state index contributed by atoms with van der Waals surface area (Å²) >= 11 is 0. The molecule has 7 heteroatoms. The number of carboxylic acid groups (broad SMARTS) is 1. The summed E-state index contributed by atoms with van der Waals surface area (Å²) in [6, 6.07) is 0. The predicted molar refractivity (Wildman–Crippen MR) is 75.0 cm³/mol. The molecular formula is C13H23NO5S. The Kier molecular flexibility index (Phi) is 4.25. The first-order chi connectivity index (χ1) is 8.86. The van der Waals surface area contributed by atoms with Gasteiger partial charge in [-0.25, -0.2) is 8.42 Å². The number of sulfone groups is 1. The summed E-state index contributed by atoms with van der Waals surface area (Å²) in [5.74, 6) is -1.58. The normalized spacial score (nSPS) is 24.2.